The van der Waals surface area contributed by atoms with Crippen molar-refractivity contribution >= 4 is 0 Å². The maximum absolute atomic E-state index is 9.71. The molecule has 0 bridgehead atoms. The first-order valence-electron chi connectivity index (χ1n) is 6.52. The highest BCUT2D eigenvalue weighted by Crippen LogP contribution is 2.20. The predicted molar refractivity (Wildman–Crippen MR) is 71.7 cm³/mol. The summed E-state index contributed by atoms with van der Waals surface area (Å²) < 4.78 is 7.46. The minimum Gasteiger partial charge on any atom is -0.486 e. The lowest BCUT2D eigenvalue weighted by Gasteiger charge is -2.10. The van der Waals surface area contributed by atoms with E-state index in [1.54, 1.807) is 4.68 Å². The van der Waals surface area contributed by atoms with Crippen molar-refractivity contribution in [2.24, 2.45) is 0 Å². The first-order valence-corrected chi connectivity index (χ1v) is 6.52. The molecule has 0 amide bonds. The maximum Gasteiger partial charge on any atom is 0.164 e. The topological polar surface area (TPSA) is 60.2 Å². The zero-order chi connectivity index (χ0) is 13.7. The normalized spacial score (nSPS) is 12.4. The van der Waals surface area contributed by atoms with E-state index in [9.17, 15) is 5.11 Å². The quantitative estimate of drug-likeness (QED) is 0.867. The Kier molecular flexibility index (Phi) is 4.52. The van der Waals surface area contributed by atoms with E-state index < -0.39 is 6.10 Å². The molecule has 5 nitrogen and oxygen atoms in total. The average molecular weight is 261 g/mol. The smallest absolute Gasteiger partial charge is 0.164 e. The van der Waals surface area contributed by atoms with Crippen LogP contribution in [0, 0.1) is 0 Å². The molecular weight excluding hydrogens is 242 g/mol. The number of benzene rings is 1. The van der Waals surface area contributed by atoms with E-state index in [2.05, 4.69) is 10.1 Å². The second-order valence-electron chi connectivity index (χ2n) is 4.27. The summed E-state index contributed by atoms with van der Waals surface area (Å²) in [7, 11) is 0. The fourth-order valence-electron chi connectivity index (χ4n) is 1.83. The van der Waals surface area contributed by atoms with E-state index in [1.165, 1.54) is 6.33 Å². The summed E-state index contributed by atoms with van der Waals surface area (Å²) in [6, 6.07) is 7.49. The van der Waals surface area contributed by atoms with E-state index in [0.29, 0.717) is 13.0 Å². The van der Waals surface area contributed by atoms with Gasteiger partial charge in [0.15, 0.2) is 5.82 Å². The minimum absolute atomic E-state index is 0.392. The number of nitrogens with zero attached hydrogens (tertiary/aromatic N) is 3. The van der Waals surface area contributed by atoms with E-state index in [1.807, 2.05) is 38.1 Å². The van der Waals surface area contributed by atoms with Crippen molar-refractivity contribution in [3.63, 3.8) is 0 Å². The highest BCUT2D eigenvalue weighted by atomic mass is 16.5. The molecule has 0 aliphatic rings. The number of aromatic nitrogens is 3. The fraction of sp³-hybridized carbons (Fsp3) is 0.429. The van der Waals surface area contributed by atoms with Crippen LogP contribution in [-0.2, 0) is 13.2 Å². The van der Waals surface area contributed by atoms with Gasteiger partial charge in [0.2, 0.25) is 0 Å². The Balaban J connectivity index is 1.96. The monoisotopic (exact) mass is 261 g/mol. The number of aryl methyl sites for hydroxylation is 1. The molecule has 2 rings (SSSR count). The first-order chi connectivity index (χ1) is 9.24. The van der Waals surface area contributed by atoms with Crippen LogP contribution in [0.2, 0.25) is 0 Å². The Labute approximate surface area is 112 Å². The van der Waals surface area contributed by atoms with Gasteiger partial charge in [-0.25, -0.2) is 9.67 Å². The molecule has 1 aromatic heterocycles. The van der Waals surface area contributed by atoms with Crippen LogP contribution in [0.1, 0.15) is 37.8 Å². The van der Waals surface area contributed by atoms with E-state index >= 15 is 0 Å². The third-order valence-corrected chi connectivity index (χ3v) is 3.01. The fourth-order valence-corrected chi connectivity index (χ4v) is 1.83. The Morgan fingerprint density at radius 2 is 2.00 bits per heavy atom. The molecule has 102 valence electrons. The SMILES string of the molecule is CC[C@@H](O)c1ccc(OCc2ncnn2CC)cc1. The standard InChI is InChI=1S/C14H19N3O2/c1-3-13(18)11-5-7-12(8-6-11)19-9-14-15-10-16-17(14)4-2/h5-8,10,13,18H,3-4,9H2,1-2H3/t13-/m1/s1. The zero-order valence-electron chi connectivity index (χ0n) is 11.3. The van der Waals surface area contributed by atoms with Crippen LogP contribution in [0.25, 0.3) is 0 Å². The molecule has 0 unspecified atom stereocenters. The molecule has 1 atom stereocenters. The minimum atomic E-state index is -0.405. The van der Waals surface area contributed by atoms with Gasteiger partial charge in [-0.3, -0.25) is 0 Å². The number of aliphatic hydroxyl groups is 1. The van der Waals surface area contributed by atoms with Crippen LogP contribution in [0.4, 0.5) is 0 Å². The van der Waals surface area contributed by atoms with E-state index in [4.69, 9.17) is 4.74 Å². The third-order valence-electron chi connectivity index (χ3n) is 3.01. The Bertz CT molecular complexity index is 508. The molecule has 5 heteroatoms. The number of aliphatic hydroxyl groups excluding tert-OH is 1. The Morgan fingerprint density at radius 3 is 2.63 bits per heavy atom. The van der Waals surface area contributed by atoms with Gasteiger partial charge in [-0.1, -0.05) is 19.1 Å². The summed E-state index contributed by atoms with van der Waals surface area (Å²) in [6.45, 7) is 5.13. The zero-order valence-corrected chi connectivity index (χ0v) is 11.3. The number of rotatable bonds is 6. The van der Waals surface area contributed by atoms with Crippen LogP contribution in [0.3, 0.4) is 0 Å². The van der Waals surface area contributed by atoms with Crippen molar-refractivity contribution < 1.29 is 9.84 Å². The second-order valence-corrected chi connectivity index (χ2v) is 4.27. The molecule has 2 aromatic rings. The molecule has 0 aliphatic carbocycles. The summed E-state index contributed by atoms with van der Waals surface area (Å²) in [5, 5.41) is 13.8. The molecule has 0 aliphatic heterocycles. The molecular formula is C14H19N3O2. The summed E-state index contributed by atoms with van der Waals surface area (Å²) in [5.41, 5.74) is 0.909. The molecule has 1 N–H and O–H groups in total. The van der Waals surface area contributed by atoms with Crippen molar-refractivity contribution in [3.05, 3.63) is 42.0 Å². The summed E-state index contributed by atoms with van der Waals surface area (Å²) in [5.74, 6) is 1.57. The van der Waals surface area contributed by atoms with Gasteiger partial charge >= 0.3 is 0 Å². The second kappa shape index (κ2) is 6.33. The molecule has 0 saturated heterocycles. The van der Waals surface area contributed by atoms with Gasteiger partial charge in [-0.15, -0.1) is 0 Å². The van der Waals surface area contributed by atoms with Crippen molar-refractivity contribution in [2.75, 3.05) is 0 Å². The summed E-state index contributed by atoms with van der Waals surface area (Å²) in [4.78, 5) is 4.15. The highest BCUT2D eigenvalue weighted by molar-refractivity contribution is 5.28. The van der Waals surface area contributed by atoms with Gasteiger partial charge in [-0.2, -0.15) is 5.10 Å². The molecule has 1 aromatic carbocycles. The third kappa shape index (κ3) is 3.32. The molecule has 19 heavy (non-hydrogen) atoms. The lowest BCUT2D eigenvalue weighted by Crippen LogP contribution is -2.07. The van der Waals surface area contributed by atoms with Gasteiger partial charge in [0, 0.05) is 6.54 Å². The number of hydrogen-bond acceptors (Lipinski definition) is 4. The van der Waals surface area contributed by atoms with Crippen LogP contribution in [0.15, 0.2) is 30.6 Å². The lowest BCUT2D eigenvalue weighted by atomic mass is 10.1. The first kappa shape index (κ1) is 13.5. The summed E-state index contributed by atoms with van der Waals surface area (Å²) >= 11 is 0. The van der Waals surface area contributed by atoms with Gasteiger partial charge in [0.1, 0.15) is 18.7 Å². The maximum atomic E-state index is 9.71. The highest BCUT2D eigenvalue weighted by Gasteiger charge is 2.06. The number of hydrogen-bond donors (Lipinski definition) is 1. The lowest BCUT2D eigenvalue weighted by molar-refractivity contribution is 0.173. The molecule has 0 saturated carbocycles. The van der Waals surface area contributed by atoms with Crippen molar-refractivity contribution in [1.82, 2.24) is 14.8 Å². The van der Waals surface area contributed by atoms with Crippen LogP contribution in [0.5, 0.6) is 5.75 Å². The van der Waals surface area contributed by atoms with Gasteiger partial charge in [-0.05, 0) is 31.0 Å². The average Bonchev–Trinajstić information content (AvgIpc) is 2.92. The van der Waals surface area contributed by atoms with Crippen molar-refractivity contribution in [3.8, 4) is 5.75 Å². The van der Waals surface area contributed by atoms with Crippen LogP contribution in [-0.4, -0.2) is 19.9 Å². The Hall–Kier alpha value is -1.88. The molecule has 0 fully saturated rings. The van der Waals surface area contributed by atoms with Crippen molar-refractivity contribution in [1.29, 1.82) is 0 Å². The summed E-state index contributed by atoms with van der Waals surface area (Å²) in [6.07, 6.45) is 1.83. The largest absolute Gasteiger partial charge is 0.486 e. The Morgan fingerprint density at radius 1 is 1.26 bits per heavy atom. The predicted octanol–water partition coefficient (Wildman–Crippen LogP) is 2.32. The molecule has 1 heterocycles. The van der Waals surface area contributed by atoms with E-state index in [0.717, 1.165) is 23.7 Å². The van der Waals surface area contributed by atoms with E-state index in [-0.39, 0.29) is 0 Å². The number of ether oxygens (including phenoxy) is 1. The molecule has 0 radical (unpaired) electrons. The van der Waals surface area contributed by atoms with Gasteiger partial charge in [0.05, 0.1) is 6.10 Å². The van der Waals surface area contributed by atoms with Crippen molar-refractivity contribution in [2.45, 2.75) is 39.5 Å². The van der Waals surface area contributed by atoms with Crippen LogP contribution < -0.4 is 4.74 Å². The van der Waals surface area contributed by atoms with Gasteiger partial charge in [0.25, 0.3) is 0 Å². The van der Waals surface area contributed by atoms with Crippen LogP contribution >= 0.6 is 0 Å². The molecule has 0 spiro atoms. The van der Waals surface area contributed by atoms with Gasteiger partial charge < -0.3 is 9.84 Å².